The number of unbranched alkanes of at least 4 members (excludes halogenated alkanes) is 1. The molecule has 21 heavy (non-hydrogen) atoms. The maximum atomic E-state index is 5.48. The SMILES string of the molecule is CCCCN1CCC[C@@H]1c1cccnc1N1CCOCC1. The molecule has 0 amide bonds. The highest BCUT2D eigenvalue weighted by atomic mass is 16.5. The molecule has 0 N–H and O–H groups in total. The van der Waals surface area contributed by atoms with Crippen molar-refractivity contribution in [3.05, 3.63) is 23.9 Å². The molecule has 0 spiro atoms. The average Bonchev–Trinajstić information content (AvgIpc) is 3.02. The fraction of sp³-hybridized carbons (Fsp3) is 0.706. The zero-order valence-electron chi connectivity index (χ0n) is 13.1. The lowest BCUT2D eigenvalue weighted by atomic mass is 10.0. The molecule has 0 unspecified atom stereocenters. The third-order valence-corrected chi connectivity index (χ3v) is 4.65. The normalized spacial score (nSPS) is 23.7. The Bertz CT molecular complexity index is 445. The molecule has 2 saturated heterocycles. The highest BCUT2D eigenvalue weighted by Gasteiger charge is 2.29. The molecule has 4 heteroatoms. The van der Waals surface area contributed by atoms with Gasteiger partial charge in [0.25, 0.3) is 0 Å². The molecule has 1 aromatic rings. The Kier molecular flexibility index (Phi) is 5.09. The monoisotopic (exact) mass is 289 g/mol. The number of ether oxygens (including phenoxy) is 1. The van der Waals surface area contributed by atoms with Crippen molar-refractivity contribution in [2.45, 2.75) is 38.6 Å². The summed E-state index contributed by atoms with van der Waals surface area (Å²) in [5.41, 5.74) is 1.42. The number of nitrogens with zero attached hydrogens (tertiary/aromatic N) is 3. The van der Waals surface area contributed by atoms with E-state index in [-0.39, 0.29) is 0 Å². The molecule has 3 rings (SSSR count). The summed E-state index contributed by atoms with van der Waals surface area (Å²) < 4.78 is 5.48. The minimum atomic E-state index is 0.558. The lowest BCUT2D eigenvalue weighted by molar-refractivity contribution is 0.122. The van der Waals surface area contributed by atoms with Gasteiger partial charge >= 0.3 is 0 Å². The molecule has 3 heterocycles. The molecular weight excluding hydrogens is 262 g/mol. The second kappa shape index (κ2) is 7.23. The first-order valence-corrected chi connectivity index (χ1v) is 8.42. The van der Waals surface area contributed by atoms with Crippen LogP contribution in [0.4, 0.5) is 5.82 Å². The maximum absolute atomic E-state index is 5.48. The largest absolute Gasteiger partial charge is 0.378 e. The van der Waals surface area contributed by atoms with E-state index in [1.807, 2.05) is 6.20 Å². The Labute approximate surface area is 128 Å². The molecule has 2 aliphatic rings. The Morgan fingerprint density at radius 3 is 2.95 bits per heavy atom. The van der Waals surface area contributed by atoms with Crippen molar-refractivity contribution in [3.63, 3.8) is 0 Å². The maximum Gasteiger partial charge on any atom is 0.133 e. The van der Waals surface area contributed by atoms with Gasteiger partial charge in [-0.15, -0.1) is 0 Å². The van der Waals surface area contributed by atoms with E-state index in [0.29, 0.717) is 6.04 Å². The van der Waals surface area contributed by atoms with Gasteiger partial charge in [-0.1, -0.05) is 19.4 Å². The number of morpholine rings is 1. The van der Waals surface area contributed by atoms with Crippen LogP contribution in [0.15, 0.2) is 18.3 Å². The highest BCUT2D eigenvalue weighted by Crippen LogP contribution is 2.36. The van der Waals surface area contributed by atoms with Crippen LogP contribution in [0.2, 0.25) is 0 Å². The number of likely N-dealkylation sites (tertiary alicyclic amines) is 1. The van der Waals surface area contributed by atoms with E-state index in [1.165, 1.54) is 50.2 Å². The van der Waals surface area contributed by atoms with Crippen molar-refractivity contribution in [3.8, 4) is 0 Å². The molecule has 0 radical (unpaired) electrons. The summed E-state index contributed by atoms with van der Waals surface area (Å²) in [5.74, 6) is 1.19. The van der Waals surface area contributed by atoms with Crippen molar-refractivity contribution in [2.75, 3.05) is 44.3 Å². The predicted molar refractivity (Wildman–Crippen MR) is 85.7 cm³/mol. The van der Waals surface area contributed by atoms with Crippen LogP contribution >= 0.6 is 0 Å². The fourth-order valence-electron chi connectivity index (χ4n) is 3.52. The van der Waals surface area contributed by atoms with Crippen molar-refractivity contribution in [1.29, 1.82) is 0 Å². The van der Waals surface area contributed by atoms with Crippen LogP contribution in [0.1, 0.15) is 44.2 Å². The standard InChI is InChI=1S/C17H27N3O/c1-2-3-9-19-10-5-7-16(19)15-6-4-8-18-17(15)20-11-13-21-14-12-20/h4,6,8,16H,2-3,5,7,9-14H2,1H3/t16-/m1/s1. The first-order valence-electron chi connectivity index (χ1n) is 8.42. The summed E-state index contributed by atoms with van der Waals surface area (Å²) in [6.45, 7) is 8.30. The smallest absolute Gasteiger partial charge is 0.133 e. The van der Waals surface area contributed by atoms with Crippen molar-refractivity contribution >= 4 is 5.82 Å². The van der Waals surface area contributed by atoms with Crippen LogP contribution in [0.5, 0.6) is 0 Å². The molecule has 4 nitrogen and oxygen atoms in total. The minimum Gasteiger partial charge on any atom is -0.378 e. The van der Waals surface area contributed by atoms with Gasteiger partial charge in [0.2, 0.25) is 0 Å². The summed E-state index contributed by atoms with van der Waals surface area (Å²) in [4.78, 5) is 9.76. The summed E-state index contributed by atoms with van der Waals surface area (Å²) in [6.07, 6.45) is 7.08. The van der Waals surface area contributed by atoms with E-state index in [2.05, 4.69) is 28.9 Å². The summed E-state index contributed by atoms with van der Waals surface area (Å²) in [6, 6.07) is 4.94. The second-order valence-corrected chi connectivity index (χ2v) is 6.06. The summed E-state index contributed by atoms with van der Waals surface area (Å²) in [7, 11) is 0. The lowest BCUT2D eigenvalue weighted by Crippen LogP contribution is -2.38. The molecule has 2 fully saturated rings. The molecule has 0 saturated carbocycles. The highest BCUT2D eigenvalue weighted by molar-refractivity contribution is 5.49. The summed E-state index contributed by atoms with van der Waals surface area (Å²) in [5, 5.41) is 0. The van der Waals surface area contributed by atoms with Gasteiger partial charge in [-0.2, -0.15) is 0 Å². The third kappa shape index (κ3) is 3.38. The van der Waals surface area contributed by atoms with Crippen LogP contribution in [0.3, 0.4) is 0 Å². The Morgan fingerprint density at radius 2 is 2.14 bits per heavy atom. The summed E-state index contributed by atoms with van der Waals surface area (Å²) >= 11 is 0. The number of aromatic nitrogens is 1. The molecule has 0 aliphatic carbocycles. The van der Waals surface area contributed by atoms with E-state index >= 15 is 0 Å². The Hall–Kier alpha value is -1.13. The quantitative estimate of drug-likeness (QED) is 0.833. The number of pyridine rings is 1. The number of anilines is 1. The second-order valence-electron chi connectivity index (χ2n) is 6.06. The third-order valence-electron chi connectivity index (χ3n) is 4.65. The molecule has 2 aliphatic heterocycles. The molecule has 1 aromatic heterocycles. The average molecular weight is 289 g/mol. The van der Waals surface area contributed by atoms with E-state index in [1.54, 1.807) is 0 Å². The van der Waals surface area contributed by atoms with Crippen molar-refractivity contribution < 1.29 is 4.74 Å². The molecule has 1 atom stereocenters. The van der Waals surface area contributed by atoms with E-state index < -0.39 is 0 Å². The van der Waals surface area contributed by atoms with E-state index in [4.69, 9.17) is 9.72 Å². The van der Waals surface area contributed by atoms with Gasteiger partial charge in [0, 0.05) is 30.9 Å². The Balaban J connectivity index is 1.80. The zero-order chi connectivity index (χ0) is 14.5. The Morgan fingerprint density at radius 1 is 1.29 bits per heavy atom. The molecule has 0 aromatic carbocycles. The van der Waals surface area contributed by atoms with Crippen LogP contribution in [-0.2, 0) is 4.74 Å². The topological polar surface area (TPSA) is 28.6 Å². The first-order chi connectivity index (χ1) is 10.4. The van der Waals surface area contributed by atoms with E-state index in [9.17, 15) is 0 Å². The molecule has 116 valence electrons. The molecular formula is C17H27N3O. The van der Waals surface area contributed by atoms with Crippen molar-refractivity contribution in [2.24, 2.45) is 0 Å². The minimum absolute atomic E-state index is 0.558. The van der Waals surface area contributed by atoms with Gasteiger partial charge in [-0.3, -0.25) is 4.90 Å². The number of rotatable bonds is 5. The van der Waals surface area contributed by atoms with Crippen LogP contribution in [-0.4, -0.2) is 49.3 Å². The predicted octanol–water partition coefficient (Wildman–Crippen LogP) is 2.86. The molecule has 0 bridgehead atoms. The van der Waals surface area contributed by atoms with Crippen LogP contribution < -0.4 is 4.90 Å². The van der Waals surface area contributed by atoms with E-state index in [0.717, 1.165) is 26.3 Å². The van der Waals surface area contributed by atoms with Crippen LogP contribution in [0.25, 0.3) is 0 Å². The van der Waals surface area contributed by atoms with Gasteiger partial charge in [-0.05, 0) is 38.4 Å². The fourth-order valence-corrected chi connectivity index (χ4v) is 3.52. The number of hydrogen-bond acceptors (Lipinski definition) is 4. The van der Waals surface area contributed by atoms with Gasteiger partial charge < -0.3 is 9.64 Å². The van der Waals surface area contributed by atoms with Crippen LogP contribution in [0, 0.1) is 0 Å². The van der Waals surface area contributed by atoms with Crippen molar-refractivity contribution in [1.82, 2.24) is 9.88 Å². The van der Waals surface area contributed by atoms with Gasteiger partial charge in [0.1, 0.15) is 5.82 Å². The number of hydrogen-bond donors (Lipinski definition) is 0. The first kappa shape index (κ1) is 14.8. The van der Waals surface area contributed by atoms with Gasteiger partial charge in [0.15, 0.2) is 0 Å². The zero-order valence-corrected chi connectivity index (χ0v) is 13.1. The lowest BCUT2D eigenvalue weighted by Gasteiger charge is -2.32. The van der Waals surface area contributed by atoms with Gasteiger partial charge in [0.05, 0.1) is 13.2 Å². The van der Waals surface area contributed by atoms with Gasteiger partial charge in [-0.25, -0.2) is 4.98 Å².